The van der Waals surface area contributed by atoms with Crippen LogP contribution in [0.25, 0.3) is 33.9 Å². The molecule has 3 saturated heterocycles. The topological polar surface area (TPSA) is 178 Å². The standard InChI is InChI=1S/C26H27ClN2O4.C24H24BrClN2O3.C22H21Br2ClN2O2/c1-4-33-26(32)29-9-7-17(8-10-29)24-21-6-5-20(27)11-18(21)12-22(16(3)31)23-13-19(15(2)30)14-28-25(23)24;1-3-31-24(30)28-8-6-15(7-9-28)22-19-5-4-18(26)10-16(19)11-20(14(2)29)21-12-17(25)13-27-23(21)22;1-2-29-22(28)27-7-5-13(6-8-27)20-17-4-3-16(25)9-14(17)10-19(24)18-11-15(23)12-26-21(18)20/h5-6,11-14,17,24H,4,7-10H2,1-3H3;4-5,10-13,15,22H,3,6-9H2,1-2H3;3-4,9-13,20H,2,5-8H2,1H3. The molecule has 3 amide bonds. The number of hydrogen-bond acceptors (Lipinski definition) is 12. The zero-order valence-electron chi connectivity index (χ0n) is 52.6. The maximum Gasteiger partial charge on any atom is 0.409 e. The molecule has 3 atom stereocenters. The van der Waals surface area contributed by atoms with E-state index in [9.17, 15) is 28.8 Å². The molecule has 0 radical (unpaired) electrons. The quantitative estimate of drug-likeness (QED) is 0.0989. The Morgan fingerprint density at radius 3 is 1.11 bits per heavy atom. The van der Waals surface area contributed by atoms with Gasteiger partial charge in [-0.2, -0.15) is 0 Å². The number of Topliss-reactive ketones (excluding diaryl/α,β-unsaturated/α-hetero) is 3. The largest absolute Gasteiger partial charge is 0.450 e. The number of carbonyl (C=O) groups is 6. The molecule has 0 N–H and O–H groups in total. The smallest absolute Gasteiger partial charge is 0.409 e. The van der Waals surface area contributed by atoms with E-state index in [0.29, 0.717) is 97.3 Å². The third kappa shape index (κ3) is 15.7. The number of ether oxygens (including phenoxy) is 3. The highest BCUT2D eigenvalue weighted by atomic mass is 79.9. The van der Waals surface area contributed by atoms with Gasteiger partial charge < -0.3 is 28.9 Å². The van der Waals surface area contributed by atoms with Crippen LogP contribution in [-0.4, -0.2) is 124 Å². The van der Waals surface area contributed by atoms with Gasteiger partial charge in [0.1, 0.15) is 0 Å². The number of hydrogen-bond donors (Lipinski definition) is 0. The summed E-state index contributed by atoms with van der Waals surface area (Å²) in [6, 6.07) is 23.6. The zero-order valence-corrected chi connectivity index (χ0v) is 59.6. The minimum atomic E-state index is -0.283. The Bertz CT molecular complexity index is 3990. The number of ketones is 3. The van der Waals surface area contributed by atoms with E-state index in [0.717, 1.165) is 113 Å². The first-order valence-corrected chi connectivity index (χ1v) is 35.0. The van der Waals surface area contributed by atoms with E-state index in [1.807, 2.05) is 91.7 Å². The molecule has 3 aromatic carbocycles. The van der Waals surface area contributed by atoms with Crippen molar-refractivity contribution >= 4 is 152 Å². The van der Waals surface area contributed by atoms with E-state index in [1.165, 1.54) is 19.4 Å². The summed E-state index contributed by atoms with van der Waals surface area (Å²) in [5, 5.41) is 1.94. The number of aromatic nitrogens is 3. The second kappa shape index (κ2) is 30.9. The third-order valence-electron chi connectivity index (χ3n) is 18.2. The molecule has 6 aromatic rings. The van der Waals surface area contributed by atoms with Gasteiger partial charge in [0.2, 0.25) is 0 Å². The molecule has 486 valence electrons. The molecule has 0 bridgehead atoms. The van der Waals surface area contributed by atoms with Crippen LogP contribution in [0.1, 0.15) is 175 Å². The summed E-state index contributed by atoms with van der Waals surface area (Å²) in [7, 11) is 0. The number of carbonyl (C=O) groups excluding carboxylic acids is 6. The number of rotatable bonds is 9. The summed E-state index contributed by atoms with van der Waals surface area (Å²) < 4.78 is 18.3. The Kier molecular flexibility index (Phi) is 23.0. The van der Waals surface area contributed by atoms with Crippen molar-refractivity contribution in [1.82, 2.24) is 29.7 Å². The maximum absolute atomic E-state index is 12.7. The van der Waals surface area contributed by atoms with Gasteiger partial charge in [-0.05, 0) is 236 Å². The van der Waals surface area contributed by atoms with Crippen molar-refractivity contribution in [1.29, 1.82) is 0 Å². The zero-order chi connectivity index (χ0) is 66.4. The predicted molar refractivity (Wildman–Crippen MR) is 376 cm³/mol. The van der Waals surface area contributed by atoms with Crippen LogP contribution in [0, 0.1) is 17.8 Å². The van der Waals surface area contributed by atoms with E-state index in [4.69, 9.17) is 64.0 Å². The molecule has 3 aromatic heterocycles. The van der Waals surface area contributed by atoms with Crippen LogP contribution in [0.4, 0.5) is 14.4 Å². The molecule has 3 aliphatic carbocycles. The number of benzene rings is 3. The lowest BCUT2D eigenvalue weighted by molar-refractivity contribution is -0.112. The SMILES string of the molecule is CCOC(=O)N1CCC(C2c3ccc(Cl)cc3C=C(Br)c3cc(Br)cnc32)CC1.CCOC(=O)N1CCC(C2c3ccc(Cl)cc3C=C(C(C)=O)c3cc(Br)cnc32)CC1.CCOC(=O)N1CCC(C2c3ccc(Cl)cc3C=C(C(C)=O)c3cc(C(C)=O)cnc32)CC1. The first-order valence-electron chi connectivity index (χ1n) is 31.4. The Balaban J connectivity index is 0.000000153. The molecule has 12 rings (SSSR count). The summed E-state index contributed by atoms with van der Waals surface area (Å²) in [6.07, 6.45) is 15.4. The van der Waals surface area contributed by atoms with Gasteiger partial charge in [-0.1, -0.05) is 68.9 Å². The minimum absolute atomic E-state index is 0.00723. The summed E-state index contributed by atoms with van der Waals surface area (Å²) in [5.41, 5.74) is 13.4. The summed E-state index contributed by atoms with van der Waals surface area (Å²) in [4.78, 5) is 93.5. The van der Waals surface area contributed by atoms with Crippen LogP contribution in [0.3, 0.4) is 0 Å². The van der Waals surface area contributed by atoms with Crippen molar-refractivity contribution in [3.05, 3.63) is 188 Å². The van der Waals surface area contributed by atoms with Gasteiger partial charge in [0.05, 0.1) is 36.9 Å². The number of likely N-dealkylation sites (tertiary alicyclic amines) is 3. The van der Waals surface area contributed by atoms with Crippen LogP contribution in [0.2, 0.25) is 15.1 Å². The number of halogens is 6. The van der Waals surface area contributed by atoms with Crippen molar-refractivity contribution in [2.75, 3.05) is 59.1 Å². The number of fused-ring (bicyclic) bond motifs is 6. The lowest BCUT2D eigenvalue weighted by atomic mass is 9.76. The maximum atomic E-state index is 12.7. The average Bonchev–Trinajstić information content (AvgIpc) is 1.43. The molecule has 3 fully saturated rings. The fraction of sp³-hybridized carbons (Fsp3) is 0.375. The molecule has 93 heavy (non-hydrogen) atoms. The molecule has 15 nitrogen and oxygen atoms in total. The van der Waals surface area contributed by atoms with Crippen molar-refractivity contribution in [2.24, 2.45) is 17.8 Å². The van der Waals surface area contributed by atoms with Gasteiger partial charge in [0.15, 0.2) is 17.3 Å². The summed E-state index contributed by atoms with van der Waals surface area (Å²) in [5.74, 6) is 0.700. The Morgan fingerprint density at radius 1 is 0.441 bits per heavy atom. The molecule has 6 heterocycles. The third-order valence-corrected chi connectivity index (χ3v) is 20.4. The Morgan fingerprint density at radius 2 is 0.763 bits per heavy atom. The molecule has 3 aliphatic heterocycles. The van der Waals surface area contributed by atoms with Crippen LogP contribution < -0.4 is 0 Å². The monoisotopic (exact) mass is 1510 g/mol. The molecular formula is C72H72Br3Cl3N6O9. The number of piperidine rings is 3. The molecule has 3 unspecified atom stereocenters. The van der Waals surface area contributed by atoms with E-state index < -0.39 is 0 Å². The number of allylic oxidation sites excluding steroid dienone is 2. The van der Waals surface area contributed by atoms with Gasteiger partial charge in [0.25, 0.3) is 0 Å². The van der Waals surface area contributed by atoms with Gasteiger partial charge in [-0.15, -0.1) is 0 Å². The molecule has 6 aliphatic rings. The van der Waals surface area contributed by atoms with Gasteiger partial charge in [-0.25, -0.2) is 14.4 Å². The molecule has 21 heteroatoms. The highest BCUT2D eigenvalue weighted by Gasteiger charge is 2.40. The van der Waals surface area contributed by atoms with Crippen LogP contribution in [0.5, 0.6) is 0 Å². The highest BCUT2D eigenvalue weighted by Crippen LogP contribution is 2.49. The Labute approximate surface area is 583 Å². The minimum Gasteiger partial charge on any atom is -0.450 e. The van der Waals surface area contributed by atoms with E-state index in [-0.39, 0.29) is 65.2 Å². The number of pyridine rings is 3. The van der Waals surface area contributed by atoms with Crippen LogP contribution in [-0.2, 0) is 23.8 Å². The molecule has 0 spiro atoms. The fourth-order valence-electron chi connectivity index (χ4n) is 13.8. The van der Waals surface area contributed by atoms with Gasteiger partial charge >= 0.3 is 18.3 Å². The predicted octanol–water partition coefficient (Wildman–Crippen LogP) is 18.0. The summed E-state index contributed by atoms with van der Waals surface area (Å²) in [6.45, 7) is 15.1. The number of nitrogens with zero attached hydrogens (tertiary/aromatic N) is 6. The van der Waals surface area contributed by atoms with Crippen molar-refractivity contribution in [2.45, 2.75) is 97.8 Å². The first-order chi connectivity index (χ1) is 44.7. The lowest BCUT2D eigenvalue weighted by Gasteiger charge is -2.36. The lowest BCUT2D eigenvalue weighted by Crippen LogP contribution is -2.40. The molecular weight excluding hydrogens is 1440 g/mol. The van der Waals surface area contributed by atoms with Crippen LogP contribution in [0.15, 0.2) is 100 Å². The fourth-order valence-corrected chi connectivity index (χ4v) is 15.6. The highest BCUT2D eigenvalue weighted by molar-refractivity contribution is 9.15. The second-order valence-corrected chi connectivity index (χ2v) is 27.9. The van der Waals surface area contributed by atoms with Crippen LogP contribution >= 0.6 is 82.6 Å². The normalized spacial score (nSPS) is 18.5. The molecule has 0 saturated carbocycles. The Hall–Kier alpha value is -6.54. The van der Waals surface area contributed by atoms with Crippen molar-refractivity contribution in [3.8, 4) is 0 Å². The van der Waals surface area contributed by atoms with Gasteiger partial charge in [-0.3, -0.25) is 29.3 Å². The van der Waals surface area contributed by atoms with E-state index in [1.54, 1.807) is 42.1 Å². The number of amides is 3. The first kappa shape index (κ1) is 69.3. The summed E-state index contributed by atoms with van der Waals surface area (Å²) >= 11 is 29.8. The van der Waals surface area contributed by atoms with Crippen molar-refractivity contribution < 1.29 is 43.0 Å². The van der Waals surface area contributed by atoms with Gasteiger partial charge in [0, 0.05) is 138 Å². The van der Waals surface area contributed by atoms with E-state index in [2.05, 4.69) is 66.0 Å². The average molecular weight is 1510 g/mol. The van der Waals surface area contributed by atoms with Crippen molar-refractivity contribution in [3.63, 3.8) is 0 Å². The van der Waals surface area contributed by atoms with E-state index >= 15 is 0 Å². The second-order valence-electron chi connectivity index (χ2n) is 23.9.